The zero-order valence-corrected chi connectivity index (χ0v) is 12.6. The third-order valence-electron chi connectivity index (χ3n) is 7.46. The minimum atomic E-state index is -5.69. The van der Waals surface area contributed by atoms with Crippen LogP contribution in [0.5, 0.6) is 0 Å². The molecule has 6 unspecified atom stereocenters. The van der Waals surface area contributed by atoms with E-state index < -0.39 is 29.8 Å². The Morgan fingerprint density at radius 2 is 1.48 bits per heavy atom. The van der Waals surface area contributed by atoms with E-state index in [1.807, 2.05) is 0 Å². The summed E-state index contributed by atoms with van der Waals surface area (Å²) in [5.74, 6) is 1.27. The first-order valence-corrected chi connectivity index (χ1v) is 8.34. The average Bonchev–Trinajstić information content (AvgIpc) is 3.14. The summed E-state index contributed by atoms with van der Waals surface area (Å²) in [5.41, 5.74) is -5.55. The van der Waals surface area contributed by atoms with Crippen LogP contribution in [0.1, 0.15) is 44.9 Å². The topological polar surface area (TPSA) is 20.2 Å². The molecule has 0 radical (unpaired) electrons. The molecular formula is C16H20F6O. The maximum absolute atomic E-state index is 13.1. The summed E-state index contributed by atoms with van der Waals surface area (Å²) >= 11 is 0. The first kappa shape index (κ1) is 16.0. The van der Waals surface area contributed by atoms with Crippen molar-refractivity contribution in [3.63, 3.8) is 0 Å². The SMILES string of the molecule is OC(CC12CCC(C1)C1C3CCC(C3)C12)(C(F)(F)F)C(F)(F)F. The zero-order chi connectivity index (χ0) is 16.8. The maximum Gasteiger partial charge on any atom is 0.426 e. The Morgan fingerprint density at radius 3 is 2.09 bits per heavy atom. The molecular weight excluding hydrogens is 322 g/mol. The Labute approximate surface area is 130 Å². The lowest BCUT2D eigenvalue weighted by Gasteiger charge is -2.46. The predicted molar refractivity (Wildman–Crippen MR) is 69.3 cm³/mol. The number of rotatable bonds is 2. The Balaban J connectivity index is 1.70. The summed E-state index contributed by atoms with van der Waals surface area (Å²) in [4.78, 5) is 0. The second kappa shape index (κ2) is 4.38. The summed E-state index contributed by atoms with van der Waals surface area (Å²) in [6, 6.07) is 0. The highest BCUT2D eigenvalue weighted by atomic mass is 19.4. The van der Waals surface area contributed by atoms with Gasteiger partial charge >= 0.3 is 12.4 Å². The molecule has 4 aliphatic carbocycles. The van der Waals surface area contributed by atoms with E-state index in [9.17, 15) is 31.4 Å². The molecule has 6 atom stereocenters. The predicted octanol–water partition coefficient (Wildman–Crippen LogP) is 4.69. The highest BCUT2D eigenvalue weighted by Crippen LogP contribution is 2.74. The lowest BCUT2D eigenvalue weighted by molar-refractivity contribution is -0.377. The molecule has 4 saturated carbocycles. The fourth-order valence-corrected chi connectivity index (χ4v) is 6.90. The molecule has 4 aliphatic rings. The zero-order valence-electron chi connectivity index (χ0n) is 12.6. The number of aliphatic hydroxyl groups is 1. The molecule has 0 saturated heterocycles. The van der Waals surface area contributed by atoms with Gasteiger partial charge in [0.1, 0.15) is 0 Å². The summed E-state index contributed by atoms with van der Waals surface area (Å²) in [5, 5.41) is 9.70. The van der Waals surface area contributed by atoms with Crippen molar-refractivity contribution in [2.45, 2.75) is 62.9 Å². The maximum atomic E-state index is 13.1. The van der Waals surface area contributed by atoms with Crippen molar-refractivity contribution in [1.82, 2.24) is 0 Å². The average molecular weight is 342 g/mol. The van der Waals surface area contributed by atoms with Crippen LogP contribution < -0.4 is 0 Å². The van der Waals surface area contributed by atoms with Crippen molar-refractivity contribution < 1.29 is 31.4 Å². The van der Waals surface area contributed by atoms with Gasteiger partial charge in [-0.25, -0.2) is 0 Å². The van der Waals surface area contributed by atoms with E-state index in [2.05, 4.69) is 0 Å². The third kappa shape index (κ3) is 1.91. The number of alkyl halides is 6. The second-order valence-corrected chi connectivity index (χ2v) is 8.33. The van der Waals surface area contributed by atoms with Gasteiger partial charge in [-0.15, -0.1) is 0 Å². The molecule has 4 fully saturated rings. The molecule has 4 rings (SSSR count). The van der Waals surface area contributed by atoms with Gasteiger partial charge in [0.25, 0.3) is 5.60 Å². The van der Waals surface area contributed by atoms with Gasteiger partial charge in [0.05, 0.1) is 0 Å². The van der Waals surface area contributed by atoms with Gasteiger partial charge in [-0.3, -0.25) is 0 Å². The summed E-state index contributed by atoms with van der Waals surface area (Å²) < 4.78 is 78.8. The largest absolute Gasteiger partial charge is 0.426 e. The fraction of sp³-hybridized carbons (Fsp3) is 1.00. The minimum absolute atomic E-state index is 0.0452. The molecule has 0 amide bonds. The van der Waals surface area contributed by atoms with Crippen LogP contribution in [0.15, 0.2) is 0 Å². The highest BCUT2D eigenvalue weighted by Gasteiger charge is 2.75. The highest BCUT2D eigenvalue weighted by molar-refractivity contribution is 5.17. The van der Waals surface area contributed by atoms with E-state index in [-0.39, 0.29) is 17.8 Å². The van der Waals surface area contributed by atoms with E-state index in [4.69, 9.17) is 0 Å². The molecule has 1 nitrogen and oxygen atoms in total. The van der Waals surface area contributed by atoms with Gasteiger partial charge in [-0.2, -0.15) is 26.3 Å². The Hall–Kier alpha value is -0.460. The molecule has 132 valence electrons. The van der Waals surface area contributed by atoms with Gasteiger partial charge in [-0.05, 0) is 73.5 Å². The minimum Gasteiger partial charge on any atom is -0.374 e. The van der Waals surface area contributed by atoms with Gasteiger partial charge in [-0.1, -0.05) is 0 Å². The molecule has 0 aromatic carbocycles. The smallest absolute Gasteiger partial charge is 0.374 e. The number of halogens is 6. The van der Waals surface area contributed by atoms with Crippen LogP contribution in [-0.4, -0.2) is 23.1 Å². The van der Waals surface area contributed by atoms with Gasteiger partial charge < -0.3 is 5.11 Å². The molecule has 1 N–H and O–H groups in total. The van der Waals surface area contributed by atoms with Crippen LogP contribution in [0.3, 0.4) is 0 Å². The quantitative estimate of drug-likeness (QED) is 0.570. The summed E-state index contributed by atoms with van der Waals surface area (Å²) in [6.07, 6.45) is -8.06. The van der Waals surface area contributed by atoms with Crippen molar-refractivity contribution in [2.75, 3.05) is 0 Å². The van der Waals surface area contributed by atoms with Crippen LogP contribution >= 0.6 is 0 Å². The van der Waals surface area contributed by atoms with Crippen LogP contribution in [0.4, 0.5) is 26.3 Å². The molecule has 23 heavy (non-hydrogen) atoms. The Kier molecular flexibility index (Phi) is 3.05. The summed E-state index contributed by atoms with van der Waals surface area (Å²) in [6.45, 7) is 0. The normalized spacial score (nSPS) is 45.8. The standard InChI is InChI=1S/C16H20F6O/c17-15(18,19)14(23,16(20,21)22)7-13-4-3-10(6-13)11-8-1-2-9(5-8)12(11)13/h8-12,23H,1-7H2. The monoisotopic (exact) mass is 342 g/mol. The van der Waals surface area contributed by atoms with Crippen LogP contribution in [0.2, 0.25) is 0 Å². The molecule has 0 aliphatic heterocycles. The molecule has 0 aromatic rings. The Bertz CT molecular complexity index is 498. The van der Waals surface area contributed by atoms with Crippen molar-refractivity contribution >= 4 is 0 Å². The van der Waals surface area contributed by atoms with Gasteiger partial charge in [0.15, 0.2) is 0 Å². The van der Waals surface area contributed by atoms with Crippen LogP contribution in [0, 0.1) is 35.0 Å². The van der Waals surface area contributed by atoms with E-state index in [1.165, 1.54) is 0 Å². The van der Waals surface area contributed by atoms with E-state index >= 15 is 0 Å². The van der Waals surface area contributed by atoms with Crippen molar-refractivity contribution in [3.8, 4) is 0 Å². The molecule has 7 heteroatoms. The number of fused-ring (bicyclic) bond motifs is 9. The lowest BCUT2D eigenvalue weighted by atomic mass is 9.61. The van der Waals surface area contributed by atoms with Crippen LogP contribution in [-0.2, 0) is 0 Å². The lowest BCUT2D eigenvalue weighted by Crippen LogP contribution is -2.60. The third-order valence-corrected chi connectivity index (χ3v) is 7.46. The summed E-state index contributed by atoms with van der Waals surface area (Å²) in [7, 11) is 0. The fourth-order valence-electron chi connectivity index (χ4n) is 6.90. The van der Waals surface area contributed by atoms with E-state index in [0.29, 0.717) is 24.7 Å². The van der Waals surface area contributed by atoms with E-state index in [0.717, 1.165) is 25.7 Å². The van der Waals surface area contributed by atoms with Crippen LogP contribution in [0.25, 0.3) is 0 Å². The molecule has 0 aromatic heterocycles. The molecule has 0 heterocycles. The second-order valence-electron chi connectivity index (χ2n) is 8.33. The van der Waals surface area contributed by atoms with Crippen molar-refractivity contribution in [2.24, 2.45) is 35.0 Å². The van der Waals surface area contributed by atoms with Gasteiger partial charge in [0, 0.05) is 6.42 Å². The van der Waals surface area contributed by atoms with Crippen molar-refractivity contribution in [3.05, 3.63) is 0 Å². The Morgan fingerprint density at radius 1 is 0.870 bits per heavy atom. The van der Waals surface area contributed by atoms with E-state index in [1.54, 1.807) is 0 Å². The number of hydrogen-bond donors (Lipinski definition) is 1. The number of hydrogen-bond acceptors (Lipinski definition) is 1. The van der Waals surface area contributed by atoms with Crippen molar-refractivity contribution in [1.29, 1.82) is 0 Å². The first-order chi connectivity index (χ1) is 10.5. The first-order valence-electron chi connectivity index (χ1n) is 8.34. The van der Waals surface area contributed by atoms with Gasteiger partial charge in [0.2, 0.25) is 0 Å². The molecule has 4 bridgehead atoms. The molecule has 0 spiro atoms.